The van der Waals surface area contributed by atoms with Crippen LogP contribution in [0.25, 0.3) is 0 Å². The zero-order chi connectivity index (χ0) is 44.9. The van der Waals surface area contributed by atoms with Crippen molar-refractivity contribution in [2.24, 2.45) is 5.92 Å². The fourth-order valence-electron chi connectivity index (χ4n) is 9.17. The van der Waals surface area contributed by atoms with Crippen molar-refractivity contribution in [2.75, 3.05) is 32.8 Å². The maximum absolute atomic E-state index is 14.6. The summed E-state index contributed by atoms with van der Waals surface area (Å²) in [5.74, 6) is -6.66. The van der Waals surface area contributed by atoms with E-state index in [4.69, 9.17) is 9.47 Å². The Morgan fingerprint density at radius 2 is 1.47 bits per heavy atom. The summed E-state index contributed by atoms with van der Waals surface area (Å²) in [6.45, 7) is 5.63. The highest BCUT2D eigenvalue weighted by Gasteiger charge is 2.50. The molecule has 1 saturated carbocycles. The van der Waals surface area contributed by atoms with Crippen molar-refractivity contribution >= 4 is 47.5 Å². The van der Waals surface area contributed by atoms with E-state index in [1.54, 1.807) is 20.8 Å². The SMILES string of the molecule is C[C@@H]1NC(=O)C2N(C(=O)OC(C)(C)C)CCN2C(=O)[C@@H]2CCCN2C(=O)[C@@H](NC(=O)[C@H](Cc2cc(F)cc(F)c2)NC(=O)CCC2CCCCC2)COC(=O)[C@@H]2CCCN2C1=O. The van der Waals surface area contributed by atoms with E-state index in [0.29, 0.717) is 31.2 Å². The summed E-state index contributed by atoms with van der Waals surface area (Å²) in [5, 5.41) is 7.91. The van der Waals surface area contributed by atoms with Gasteiger partial charge in [0.05, 0.1) is 0 Å². The number of hydrogen-bond donors (Lipinski definition) is 3. The lowest BCUT2D eigenvalue weighted by Gasteiger charge is -2.35. The van der Waals surface area contributed by atoms with E-state index in [2.05, 4.69) is 16.0 Å². The lowest BCUT2D eigenvalue weighted by Crippen LogP contribution is -2.62. The van der Waals surface area contributed by atoms with Crippen LogP contribution in [0.4, 0.5) is 13.6 Å². The first-order valence-electron chi connectivity index (χ1n) is 21.8. The lowest BCUT2D eigenvalue weighted by atomic mass is 9.86. The number of carbonyl (C=O) groups is 8. The van der Waals surface area contributed by atoms with Gasteiger partial charge in [0.1, 0.15) is 54.1 Å². The second-order valence-corrected chi connectivity index (χ2v) is 18.0. The first kappa shape index (κ1) is 46.2. The molecule has 17 nitrogen and oxygen atoms in total. The summed E-state index contributed by atoms with van der Waals surface area (Å²) < 4.78 is 39.9. The van der Waals surface area contributed by atoms with E-state index < -0.39 is 108 Å². The Labute approximate surface area is 359 Å². The molecule has 5 fully saturated rings. The highest BCUT2D eigenvalue weighted by Crippen LogP contribution is 2.29. The minimum absolute atomic E-state index is 0.0435. The van der Waals surface area contributed by atoms with Gasteiger partial charge in [0.2, 0.25) is 29.5 Å². The van der Waals surface area contributed by atoms with Crippen LogP contribution in [-0.2, 0) is 49.5 Å². The first-order chi connectivity index (χ1) is 29.4. The molecule has 7 amide bonds. The molecule has 6 atom stereocenters. The van der Waals surface area contributed by atoms with Crippen molar-refractivity contribution in [3.63, 3.8) is 0 Å². The number of rotatable bonds is 8. The van der Waals surface area contributed by atoms with Crippen molar-refractivity contribution < 1.29 is 56.6 Å². The first-order valence-corrected chi connectivity index (χ1v) is 21.8. The van der Waals surface area contributed by atoms with Crippen molar-refractivity contribution in [1.29, 1.82) is 0 Å². The maximum atomic E-state index is 14.6. The number of fused-ring (bicyclic) bond motifs is 3. The van der Waals surface area contributed by atoms with Crippen LogP contribution in [0.15, 0.2) is 18.2 Å². The molecule has 19 heteroatoms. The molecular weight excluding hydrogens is 813 g/mol. The van der Waals surface area contributed by atoms with Crippen LogP contribution in [-0.4, -0.2) is 142 Å². The Morgan fingerprint density at radius 1 is 0.823 bits per heavy atom. The van der Waals surface area contributed by atoms with Crippen LogP contribution in [0.1, 0.15) is 104 Å². The average molecular weight is 872 g/mol. The summed E-state index contributed by atoms with van der Waals surface area (Å²) in [6.07, 6.45) is 4.27. The van der Waals surface area contributed by atoms with Gasteiger partial charge in [0.25, 0.3) is 5.91 Å². The van der Waals surface area contributed by atoms with Crippen LogP contribution in [0, 0.1) is 17.6 Å². The minimum Gasteiger partial charge on any atom is -0.461 e. The molecule has 62 heavy (non-hydrogen) atoms. The molecule has 1 aromatic carbocycles. The molecule has 5 aliphatic rings. The average Bonchev–Trinajstić information content (AvgIpc) is 4.00. The van der Waals surface area contributed by atoms with Gasteiger partial charge >= 0.3 is 12.1 Å². The van der Waals surface area contributed by atoms with Crippen molar-refractivity contribution in [1.82, 2.24) is 35.6 Å². The van der Waals surface area contributed by atoms with Gasteiger partial charge in [0, 0.05) is 45.1 Å². The molecule has 4 aliphatic heterocycles. The number of nitrogens with one attached hydrogen (secondary N) is 3. The Morgan fingerprint density at radius 3 is 2.13 bits per heavy atom. The number of carbonyl (C=O) groups excluding carboxylic acids is 8. The third kappa shape index (κ3) is 11.2. The third-order valence-electron chi connectivity index (χ3n) is 12.2. The molecule has 6 rings (SSSR count). The van der Waals surface area contributed by atoms with Gasteiger partial charge in [0.15, 0.2) is 6.17 Å². The summed E-state index contributed by atoms with van der Waals surface area (Å²) in [4.78, 5) is 117. The number of hydrogen-bond acceptors (Lipinski definition) is 10. The Bertz CT molecular complexity index is 1880. The number of benzene rings is 1. The van der Waals surface area contributed by atoms with Crippen LogP contribution >= 0.6 is 0 Å². The predicted molar refractivity (Wildman–Crippen MR) is 216 cm³/mol. The Balaban J connectivity index is 1.30. The molecule has 340 valence electrons. The van der Waals surface area contributed by atoms with Gasteiger partial charge in [-0.3, -0.25) is 33.7 Å². The molecule has 1 aromatic rings. The van der Waals surface area contributed by atoms with E-state index in [1.807, 2.05) is 0 Å². The highest BCUT2D eigenvalue weighted by molar-refractivity contribution is 5.98. The summed E-state index contributed by atoms with van der Waals surface area (Å²) in [6, 6.07) is -3.78. The normalized spacial score (nSPS) is 26.0. The lowest BCUT2D eigenvalue weighted by molar-refractivity contribution is -0.158. The minimum atomic E-state index is -1.63. The fourth-order valence-corrected chi connectivity index (χ4v) is 9.17. The van der Waals surface area contributed by atoms with Gasteiger partial charge in [-0.05, 0) is 83.4 Å². The van der Waals surface area contributed by atoms with Crippen LogP contribution in [0.5, 0.6) is 0 Å². The molecule has 4 saturated heterocycles. The molecule has 1 unspecified atom stereocenters. The van der Waals surface area contributed by atoms with Gasteiger partial charge < -0.3 is 40.1 Å². The van der Waals surface area contributed by atoms with Gasteiger partial charge in [-0.25, -0.2) is 18.4 Å². The maximum Gasteiger partial charge on any atom is 0.412 e. The summed E-state index contributed by atoms with van der Waals surface area (Å²) >= 11 is 0. The monoisotopic (exact) mass is 871 g/mol. The molecule has 0 spiro atoms. The van der Waals surface area contributed by atoms with Gasteiger partial charge in [-0.1, -0.05) is 32.1 Å². The summed E-state index contributed by atoms with van der Waals surface area (Å²) in [5.41, 5.74) is -0.898. The quantitative estimate of drug-likeness (QED) is 0.326. The third-order valence-corrected chi connectivity index (χ3v) is 12.2. The van der Waals surface area contributed by atoms with Crippen LogP contribution in [0.2, 0.25) is 0 Å². The van der Waals surface area contributed by atoms with E-state index in [9.17, 15) is 47.1 Å². The molecule has 0 radical (unpaired) electrons. The van der Waals surface area contributed by atoms with Crippen LogP contribution in [0.3, 0.4) is 0 Å². The van der Waals surface area contributed by atoms with Crippen molar-refractivity contribution in [3.8, 4) is 0 Å². The van der Waals surface area contributed by atoms with Gasteiger partial charge in [-0.2, -0.15) is 0 Å². The van der Waals surface area contributed by atoms with Crippen LogP contribution < -0.4 is 16.0 Å². The van der Waals surface area contributed by atoms with E-state index in [0.717, 1.165) is 49.1 Å². The second kappa shape index (κ2) is 19.8. The zero-order valence-electron chi connectivity index (χ0n) is 35.9. The molecule has 0 bridgehead atoms. The number of ether oxygens (including phenoxy) is 2. The number of amides is 7. The number of cyclic esters (lactones) is 1. The molecule has 3 N–H and O–H groups in total. The fraction of sp³-hybridized carbons (Fsp3) is 0.674. The van der Waals surface area contributed by atoms with Crippen molar-refractivity contribution in [3.05, 3.63) is 35.4 Å². The van der Waals surface area contributed by atoms with Crippen molar-refractivity contribution in [2.45, 2.75) is 147 Å². The summed E-state index contributed by atoms with van der Waals surface area (Å²) in [7, 11) is 0. The largest absolute Gasteiger partial charge is 0.461 e. The number of esters is 1. The zero-order valence-corrected chi connectivity index (χ0v) is 35.9. The van der Waals surface area contributed by atoms with E-state index in [-0.39, 0.29) is 57.4 Å². The molecule has 4 heterocycles. The number of nitrogens with zero attached hydrogens (tertiary/aromatic N) is 4. The second-order valence-electron chi connectivity index (χ2n) is 18.0. The molecule has 0 aromatic heterocycles. The standard InChI is InChI=1S/C43H59F2N7O10/c1-25-38(56)50-17-9-13-33(50)41(59)61-24-31(48-35(54)30(22-27-20-28(44)23-29(45)21-27)47-34(53)15-14-26-10-6-5-7-11-26)39(57)49-16-8-12-32(49)40(58)51-18-19-52(37(51)36(55)46-25)42(60)62-43(2,3)4/h20-21,23,25-26,30-33,37H,5-19,22,24H2,1-4H3,(H,46,55)(H,47,53)(H,48,54)/t25-,30-,31-,32-,33-,37?/m0/s1. The topological polar surface area (TPSA) is 204 Å². The highest BCUT2D eigenvalue weighted by atomic mass is 19.1. The predicted octanol–water partition coefficient (Wildman–Crippen LogP) is 2.29. The Kier molecular flexibility index (Phi) is 14.7. The smallest absolute Gasteiger partial charge is 0.412 e. The number of halogens is 2. The van der Waals surface area contributed by atoms with E-state index >= 15 is 0 Å². The van der Waals surface area contributed by atoms with Gasteiger partial charge in [-0.15, -0.1) is 0 Å². The molecule has 1 aliphatic carbocycles. The van der Waals surface area contributed by atoms with E-state index in [1.165, 1.54) is 21.6 Å². The molecular formula is C43H59F2N7O10. The Hall–Kier alpha value is -5.36.